The van der Waals surface area contributed by atoms with Crippen LogP contribution in [-0.2, 0) is 9.47 Å². The van der Waals surface area contributed by atoms with E-state index in [1.54, 1.807) is 7.11 Å². The third kappa shape index (κ3) is 12.9. The quantitative estimate of drug-likeness (QED) is 0.191. The smallest absolute Gasteiger partial charge is 0.191 e. The number of para-hydroxylation sites is 1. The minimum Gasteiger partial charge on any atom is -0.489 e. The zero-order chi connectivity index (χ0) is 19.0. The van der Waals surface area contributed by atoms with Crippen molar-refractivity contribution in [1.82, 2.24) is 10.6 Å². The van der Waals surface area contributed by atoms with Gasteiger partial charge in [0.1, 0.15) is 11.9 Å². The lowest BCUT2D eigenvalue weighted by atomic mass is 10.2. The van der Waals surface area contributed by atoms with Crippen LogP contribution in [0.2, 0.25) is 0 Å². The number of guanidine groups is 1. The molecule has 6 nitrogen and oxygen atoms in total. The Hall–Kier alpha value is -1.06. The van der Waals surface area contributed by atoms with E-state index < -0.39 is 0 Å². The summed E-state index contributed by atoms with van der Waals surface area (Å²) in [5, 5.41) is 6.62. The van der Waals surface area contributed by atoms with Crippen LogP contribution in [0.1, 0.15) is 32.3 Å². The van der Waals surface area contributed by atoms with E-state index in [2.05, 4.69) is 35.5 Å². The van der Waals surface area contributed by atoms with Crippen molar-refractivity contribution in [1.29, 1.82) is 0 Å². The Morgan fingerprint density at radius 3 is 2.59 bits per heavy atom. The van der Waals surface area contributed by atoms with Gasteiger partial charge >= 0.3 is 0 Å². The highest BCUT2D eigenvalue weighted by Crippen LogP contribution is 2.17. The maximum atomic E-state index is 5.97. The van der Waals surface area contributed by atoms with Gasteiger partial charge in [-0.2, -0.15) is 0 Å². The van der Waals surface area contributed by atoms with Crippen LogP contribution >= 0.6 is 24.0 Å². The van der Waals surface area contributed by atoms with Gasteiger partial charge in [-0.1, -0.05) is 18.2 Å². The summed E-state index contributed by atoms with van der Waals surface area (Å²) in [6.07, 6.45) is 2.07. The first-order chi connectivity index (χ1) is 12.7. The molecule has 0 aliphatic carbocycles. The highest BCUT2D eigenvalue weighted by molar-refractivity contribution is 14.0. The largest absolute Gasteiger partial charge is 0.489 e. The summed E-state index contributed by atoms with van der Waals surface area (Å²) < 4.78 is 16.4. The van der Waals surface area contributed by atoms with Gasteiger partial charge in [-0.15, -0.1) is 24.0 Å². The van der Waals surface area contributed by atoms with Gasteiger partial charge in [0.05, 0.1) is 19.8 Å². The number of hydrogen-bond donors (Lipinski definition) is 2. The number of methoxy groups -OCH3 is 1. The van der Waals surface area contributed by atoms with E-state index in [4.69, 9.17) is 14.2 Å². The molecule has 0 aliphatic rings. The molecule has 1 unspecified atom stereocenters. The van der Waals surface area contributed by atoms with E-state index in [1.807, 2.05) is 25.1 Å². The Bertz CT molecular complexity index is 515. The Kier molecular flexibility index (Phi) is 16.4. The maximum absolute atomic E-state index is 5.97. The topological polar surface area (TPSA) is 64.1 Å². The SMILES string of the molecule is CCNC(=NCC(C)Oc1ccccc1C)NCCCCOCCOC.I. The molecule has 0 heterocycles. The molecule has 0 saturated carbocycles. The second-order valence-electron chi connectivity index (χ2n) is 6.15. The van der Waals surface area contributed by atoms with Gasteiger partial charge in [0, 0.05) is 26.8 Å². The average Bonchev–Trinajstić information content (AvgIpc) is 2.63. The molecule has 1 rings (SSSR count). The van der Waals surface area contributed by atoms with E-state index >= 15 is 0 Å². The molecule has 0 bridgehead atoms. The normalized spacial score (nSPS) is 12.2. The van der Waals surface area contributed by atoms with Gasteiger partial charge in [0.15, 0.2) is 5.96 Å². The van der Waals surface area contributed by atoms with E-state index in [1.165, 1.54) is 0 Å². The number of aliphatic imine (C=N–C) groups is 1. The van der Waals surface area contributed by atoms with E-state index in [0.29, 0.717) is 19.8 Å². The Labute approximate surface area is 181 Å². The van der Waals surface area contributed by atoms with E-state index in [0.717, 1.165) is 49.8 Å². The Morgan fingerprint density at radius 2 is 1.89 bits per heavy atom. The lowest BCUT2D eigenvalue weighted by molar-refractivity contribution is 0.0689. The Balaban J connectivity index is 0.00000676. The van der Waals surface area contributed by atoms with Gasteiger partial charge in [0.2, 0.25) is 0 Å². The molecular formula is C20H36IN3O3. The van der Waals surface area contributed by atoms with Crippen LogP contribution in [0.5, 0.6) is 5.75 Å². The van der Waals surface area contributed by atoms with Crippen molar-refractivity contribution in [2.24, 2.45) is 4.99 Å². The molecule has 2 N–H and O–H groups in total. The molecule has 0 saturated heterocycles. The zero-order valence-corrected chi connectivity index (χ0v) is 19.5. The molecule has 7 heteroatoms. The van der Waals surface area contributed by atoms with Crippen LogP contribution in [0.3, 0.4) is 0 Å². The molecule has 1 aromatic rings. The number of rotatable bonds is 13. The number of benzene rings is 1. The number of halogens is 1. The average molecular weight is 493 g/mol. The van der Waals surface area contributed by atoms with Crippen LogP contribution < -0.4 is 15.4 Å². The molecule has 1 atom stereocenters. The third-order valence-electron chi connectivity index (χ3n) is 3.71. The van der Waals surface area contributed by atoms with Crippen molar-refractivity contribution < 1.29 is 14.2 Å². The molecule has 0 spiro atoms. The third-order valence-corrected chi connectivity index (χ3v) is 3.71. The number of nitrogens with one attached hydrogen (secondary N) is 2. The van der Waals surface area contributed by atoms with Crippen LogP contribution in [0.15, 0.2) is 29.3 Å². The number of nitrogens with zero attached hydrogens (tertiary/aromatic N) is 1. The van der Waals surface area contributed by atoms with Crippen LogP contribution in [0, 0.1) is 6.92 Å². The van der Waals surface area contributed by atoms with Crippen molar-refractivity contribution in [3.05, 3.63) is 29.8 Å². The van der Waals surface area contributed by atoms with Gasteiger partial charge in [-0.05, 0) is 45.2 Å². The van der Waals surface area contributed by atoms with Crippen LogP contribution in [0.4, 0.5) is 0 Å². The second kappa shape index (κ2) is 17.1. The number of ether oxygens (including phenoxy) is 3. The first-order valence-corrected chi connectivity index (χ1v) is 9.48. The molecule has 0 aromatic heterocycles. The lowest BCUT2D eigenvalue weighted by Crippen LogP contribution is -2.38. The fraction of sp³-hybridized carbons (Fsp3) is 0.650. The molecule has 0 radical (unpaired) electrons. The lowest BCUT2D eigenvalue weighted by Gasteiger charge is -2.16. The summed E-state index contributed by atoms with van der Waals surface area (Å²) in [7, 11) is 1.68. The number of hydrogen-bond acceptors (Lipinski definition) is 4. The first kappa shape index (κ1) is 25.9. The highest BCUT2D eigenvalue weighted by Gasteiger charge is 2.06. The zero-order valence-electron chi connectivity index (χ0n) is 17.1. The highest BCUT2D eigenvalue weighted by atomic mass is 127. The molecule has 1 aromatic carbocycles. The fourth-order valence-corrected chi connectivity index (χ4v) is 2.28. The van der Waals surface area contributed by atoms with Gasteiger partial charge in [-0.3, -0.25) is 0 Å². The molecular weight excluding hydrogens is 457 g/mol. The summed E-state index contributed by atoms with van der Waals surface area (Å²) in [5.41, 5.74) is 1.14. The monoisotopic (exact) mass is 493 g/mol. The molecule has 156 valence electrons. The second-order valence-corrected chi connectivity index (χ2v) is 6.15. The van der Waals surface area contributed by atoms with Crippen molar-refractivity contribution in [2.75, 3.05) is 46.6 Å². The van der Waals surface area contributed by atoms with Gasteiger partial charge < -0.3 is 24.8 Å². The van der Waals surface area contributed by atoms with E-state index in [9.17, 15) is 0 Å². The van der Waals surface area contributed by atoms with E-state index in [-0.39, 0.29) is 30.1 Å². The predicted octanol–water partition coefficient (Wildman–Crippen LogP) is 3.38. The maximum Gasteiger partial charge on any atom is 0.191 e. The number of unbranched alkanes of at least 4 members (excludes halogenated alkanes) is 1. The molecule has 0 fully saturated rings. The standard InChI is InChI=1S/C20H35N3O3.HI/c1-5-21-20(22-12-8-9-13-25-15-14-24-4)23-16-18(3)26-19-11-7-6-10-17(19)2;/h6-7,10-11,18H,5,8-9,12-16H2,1-4H3,(H2,21,22,23);1H. The van der Waals surface area contributed by atoms with Crippen LogP contribution in [-0.4, -0.2) is 58.6 Å². The van der Waals surface area contributed by atoms with Gasteiger partial charge in [0.25, 0.3) is 0 Å². The summed E-state index contributed by atoms with van der Waals surface area (Å²) in [5.74, 6) is 1.75. The van der Waals surface area contributed by atoms with Crippen LogP contribution in [0.25, 0.3) is 0 Å². The van der Waals surface area contributed by atoms with Crippen molar-refractivity contribution in [3.8, 4) is 5.75 Å². The minimum absolute atomic E-state index is 0. The summed E-state index contributed by atoms with van der Waals surface area (Å²) in [6.45, 7) is 10.5. The molecule has 0 aliphatic heterocycles. The van der Waals surface area contributed by atoms with Crippen molar-refractivity contribution in [2.45, 2.75) is 39.7 Å². The molecule has 27 heavy (non-hydrogen) atoms. The Morgan fingerprint density at radius 1 is 1.11 bits per heavy atom. The first-order valence-electron chi connectivity index (χ1n) is 9.48. The minimum atomic E-state index is 0. The van der Waals surface area contributed by atoms with Crippen molar-refractivity contribution >= 4 is 29.9 Å². The summed E-state index contributed by atoms with van der Waals surface area (Å²) >= 11 is 0. The number of aryl methyl sites for hydroxylation is 1. The summed E-state index contributed by atoms with van der Waals surface area (Å²) in [4.78, 5) is 4.62. The fourth-order valence-electron chi connectivity index (χ4n) is 2.28. The summed E-state index contributed by atoms with van der Waals surface area (Å²) in [6, 6.07) is 8.05. The molecule has 0 amide bonds. The van der Waals surface area contributed by atoms with Crippen molar-refractivity contribution in [3.63, 3.8) is 0 Å². The predicted molar refractivity (Wildman–Crippen MR) is 123 cm³/mol. The van der Waals surface area contributed by atoms with Gasteiger partial charge in [-0.25, -0.2) is 4.99 Å².